The zero-order valence-corrected chi connectivity index (χ0v) is 23.5. The number of para-hydroxylation sites is 3. The van der Waals surface area contributed by atoms with Gasteiger partial charge < -0.3 is 24.8 Å². The number of aliphatic imine (C=N–C) groups is 2. The van der Waals surface area contributed by atoms with Crippen molar-refractivity contribution in [1.29, 1.82) is 0 Å². The minimum absolute atomic E-state index is 0.0169. The molecule has 3 aromatic rings. The van der Waals surface area contributed by atoms with Crippen LogP contribution in [-0.4, -0.2) is 59.3 Å². The van der Waals surface area contributed by atoms with Gasteiger partial charge in [0.05, 0.1) is 24.2 Å². The van der Waals surface area contributed by atoms with E-state index in [1.165, 1.54) is 12.0 Å². The maximum atomic E-state index is 13.5. The SMILES string of the molecule is COc1ccccc1NC(=O)CSC1=Nc2ccccc2C2=N[C@@H](CCC(=O)NCc3ccc4c(c3)OCO4)C(=O)N12. The van der Waals surface area contributed by atoms with Crippen LogP contribution in [0.2, 0.25) is 0 Å². The Morgan fingerprint density at radius 2 is 1.86 bits per heavy atom. The number of thioether (sulfide) groups is 1. The van der Waals surface area contributed by atoms with E-state index in [9.17, 15) is 14.4 Å². The van der Waals surface area contributed by atoms with Crippen LogP contribution in [0.5, 0.6) is 17.2 Å². The number of fused-ring (bicyclic) bond motifs is 4. The van der Waals surface area contributed by atoms with Crippen molar-refractivity contribution in [2.45, 2.75) is 25.4 Å². The zero-order valence-electron chi connectivity index (χ0n) is 22.7. The van der Waals surface area contributed by atoms with E-state index in [-0.39, 0.29) is 43.1 Å². The lowest BCUT2D eigenvalue weighted by Crippen LogP contribution is -2.41. The van der Waals surface area contributed by atoms with Gasteiger partial charge in [0.25, 0.3) is 5.91 Å². The van der Waals surface area contributed by atoms with Crippen LogP contribution in [0, 0.1) is 0 Å². The molecule has 11 nitrogen and oxygen atoms in total. The second-order valence-corrected chi connectivity index (χ2v) is 10.5. The van der Waals surface area contributed by atoms with E-state index in [0.29, 0.717) is 46.2 Å². The minimum Gasteiger partial charge on any atom is -0.495 e. The molecule has 3 aliphatic rings. The summed E-state index contributed by atoms with van der Waals surface area (Å²) >= 11 is 1.15. The van der Waals surface area contributed by atoms with Gasteiger partial charge in [0.15, 0.2) is 16.7 Å². The number of rotatable bonds is 9. The second kappa shape index (κ2) is 12.0. The molecule has 0 bridgehead atoms. The Labute approximate surface area is 246 Å². The summed E-state index contributed by atoms with van der Waals surface area (Å²) in [6.07, 6.45) is 0.356. The number of benzene rings is 3. The number of hydrogen-bond donors (Lipinski definition) is 2. The highest BCUT2D eigenvalue weighted by Crippen LogP contribution is 2.35. The molecule has 0 fully saturated rings. The number of nitrogens with zero attached hydrogens (tertiary/aromatic N) is 3. The lowest BCUT2D eigenvalue weighted by atomic mass is 10.1. The molecule has 0 spiro atoms. The standard InChI is InChI=1S/C30H27N5O6S/c1-39-23-9-5-4-8-21(23)32-27(37)16-42-30-34-20-7-3-2-6-19(20)28-33-22(29(38)35(28)30)11-13-26(36)31-15-18-10-12-24-25(14-18)41-17-40-24/h2-10,12,14,22H,11,13,15-17H2,1H3,(H,31,36)(H,32,37)/t22-/m0/s1. The average Bonchev–Trinajstić information content (AvgIpc) is 3.62. The fraction of sp³-hybridized carbons (Fsp3) is 0.233. The van der Waals surface area contributed by atoms with E-state index >= 15 is 0 Å². The number of amidine groups is 2. The van der Waals surface area contributed by atoms with Crippen LogP contribution in [0.4, 0.5) is 11.4 Å². The van der Waals surface area contributed by atoms with E-state index < -0.39 is 6.04 Å². The molecule has 2 N–H and O–H groups in total. The number of methoxy groups -OCH3 is 1. The van der Waals surface area contributed by atoms with Gasteiger partial charge in [-0.3, -0.25) is 19.4 Å². The smallest absolute Gasteiger partial charge is 0.259 e. The molecule has 3 amide bonds. The summed E-state index contributed by atoms with van der Waals surface area (Å²) in [7, 11) is 1.53. The van der Waals surface area contributed by atoms with Crippen LogP contribution in [0.3, 0.4) is 0 Å². The van der Waals surface area contributed by atoms with Crippen LogP contribution in [-0.2, 0) is 20.9 Å². The first-order valence-corrected chi connectivity index (χ1v) is 14.3. The quantitative estimate of drug-likeness (QED) is 0.390. The van der Waals surface area contributed by atoms with Gasteiger partial charge in [0, 0.05) is 18.5 Å². The molecule has 0 saturated carbocycles. The van der Waals surface area contributed by atoms with Crippen molar-refractivity contribution >= 4 is 51.9 Å². The molecule has 3 aromatic carbocycles. The topological polar surface area (TPSA) is 131 Å². The van der Waals surface area contributed by atoms with Gasteiger partial charge in [-0.2, -0.15) is 0 Å². The first kappa shape index (κ1) is 27.3. The molecule has 0 aromatic heterocycles. The summed E-state index contributed by atoms with van der Waals surface area (Å²) in [5, 5.41) is 6.09. The normalized spacial score (nSPS) is 16.3. The fourth-order valence-corrected chi connectivity index (χ4v) is 5.56. The van der Waals surface area contributed by atoms with Crippen molar-refractivity contribution in [2.24, 2.45) is 9.98 Å². The summed E-state index contributed by atoms with van der Waals surface area (Å²) in [4.78, 5) is 49.8. The number of carbonyl (C=O) groups is 3. The minimum atomic E-state index is -0.740. The number of ether oxygens (including phenoxy) is 3. The van der Waals surface area contributed by atoms with Crippen molar-refractivity contribution in [2.75, 3.05) is 25.0 Å². The van der Waals surface area contributed by atoms with Crippen LogP contribution >= 0.6 is 11.8 Å². The summed E-state index contributed by atoms with van der Waals surface area (Å²) in [6.45, 7) is 0.512. The number of hydrogen-bond acceptors (Lipinski definition) is 9. The molecule has 214 valence electrons. The molecule has 3 heterocycles. The zero-order chi connectivity index (χ0) is 29.1. The van der Waals surface area contributed by atoms with E-state index in [1.807, 2.05) is 48.5 Å². The van der Waals surface area contributed by atoms with Crippen LogP contribution in [0.1, 0.15) is 24.0 Å². The van der Waals surface area contributed by atoms with Gasteiger partial charge in [0.2, 0.25) is 18.6 Å². The third-order valence-corrected chi connectivity index (χ3v) is 7.77. The number of nitrogens with one attached hydrogen (secondary N) is 2. The van der Waals surface area contributed by atoms with Crippen molar-refractivity contribution < 1.29 is 28.6 Å². The third-order valence-electron chi connectivity index (χ3n) is 6.83. The van der Waals surface area contributed by atoms with Crippen molar-refractivity contribution in [1.82, 2.24) is 10.2 Å². The molecular formula is C30H27N5O6S. The molecule has 0 radical (unpaired) electrons. The summed E-state index contributed by atoms with van der Waals surface area (Å²) in [5.41, 5.74) is 2.82. The number of anilines is 1. The average molecular weight is 586 g/mol. The van der Waals surface area contributed by atoms with Crippen molar-refractivity contribution in [3.05, 3.63) is 77.9 Å². The summed E-state index contributed by atoms with van der Waals surface area (Å²) in [6, 6.07) is 19.3. The van der Waals surface area contributed by atoms with E-state index in [4.69, 9.17) is 19.2 Å². The second-order valence-electron chi connectivity index (χ2n) is 9.59. The molecule has 0 saturated heterocycles. The number of carbonyl (C=O) groups excluding carboxylic acids is 3. The predicted octanol–water partition coefficient (Wildman–Crippen LogP) is 3.85. The van der Waals surface area contributed by atoms with Crippen LogP contribution < -0.4 is 24.8 Å². The van der Waals surface area contributed by atoms with Crippen LogP contribution in [0.15, 0.2) is 76.7 Å². The Balaban J connectivity index is 1.09. The van der Waals surface area contributed by atoms with Crippen LogP contribution in [0.25, 0.3) is 0 Å². The first-order valence-electron chi connectivity index (χ1n) is 13.3. The Bertz CT molecular complexity index is 1620. The van der Waals surface area contributed by atoms with Crippen molar-refractivity contribution in [3.63, 3.8) is 0 Å². The largest absolute Gasteiger partial charge is 0.495 e. The molecule has 0 aliphatic carbocycles. The van der Waals surface area contributed by atoms with Gasteiger partial charge in [-0.15, -0.1) is 0 Å². The molecular weight excluding hydrogens is 558 g/mol. The molecule has 3 aliphatic heterocycles. The molecule has 0 unspecified atom stereocenters. The maximum Gasteiger partial charge on any atom is 0.259 e. The Kier molecular flexibility index (Phi) is 7.78. The highest BCUT2D eigenvalue weighted by Gasteiger charge is 2.41. The van der Waals surface area contributed by atoms with Gasteiger partial charge in [-0.25, -0.2) is 9.89 Å². The van der Waals surface area contributed by atoms with Gasteiger partial charge in [0.1, 0.15) is 17.6 Å². The van der Waals surface area contributed by atoms with E-state index in [1.54, 1.807) is 18.2 Å². The maximum absolute atomic E-state index is 13.5. The van der Waals surface area contributed by atoms with Crippen molar-refractivity contribution in [3.8, 4) is 17.2 Å². The molecule has 42 heavy (non-hydrogen) atoms. The summed E-state index contributed by atoms with van der Waals surface area (Å²) in [5.74, 6) is 1.63. The highest BCUT2D eigenvalue weighted by molar-refractivity contribution is 8.14. The van der Waals surface area contributed by atoms with E-state index in [0.717, 1.165) is 22.9 Å². The van der Waals surface area contributed by atoms with Gasteiger partial charge in [-0.05, 0) is 48.4 Å². The first-order chi connectivity index (χ1) is 20.5. The molecule has 12 heteroatoms. The Morgan fingerprint density at radius 1 is 1.05 bits per heavy atom. The lowest BCUT2D eigenvalue weighted by molar-refractivity contribution is -0.125. The monoisotopic (exact) mass is 585 g/mol. The lowest BCUT2D eigenvalue weighted by Gasteiger charge is -2.25. The Morgan fingerprint density at radius 3 is 2.74 bits per heavy atom. The Hall–Kier alpha value is -4.84. The summed E-state index contributed by atoms with van der Waals surface area (Å²) < 4.78 is 16.0. The number of amides is 3. The van der Waals surface area contributed by atoms with Gasteiger partial charge in [-0.1, -0.05) is 42.1 Å². The fourth-order valence-electron chi connectivity index (χ4n) is 4.76. The van der Waals surface area contributed by atoms with Gasteiger partial charge >= 0.3 is 0 Å². The molecule has 6 rings (SSSR count). The molecule has 1 atom stereocenters. The van der Waals surface area contributed by atoms with E-state index in [2.05, 4.69) is 15.6 Å². The predicted molar refractivity (Wildman–Crippen MR) is 158 cm³/mol. The highest BCUT2D eigenvalue weighted by atomic mass is 32.2. The third kappa shape index (κ3) is 5.66.